The number of ether oxygens (including phenoxy) is 1. The fraction of sp³-hybridized carbons (Fsp3) is 0.750. The smallest absolute Gasteiger partial charge is 0.323 e. The van der Waals surface area contributed by atoms with Crippen molar-refractivity contribution in [1.29, 1.82) is 0 Å². The van der Waals surface area contributed by atoms with Crippen molar-refractivity contribution in [3.05, 3.63) is 11.9 Å². The molecule has 0 aromatic carbocycles. The Bertz CT molecular complexity index is 394. The van der Waals surface area contributed by atoms with Crippen LogP contribution in [0.5, 0.6) is 0 Å². The molecule has 0 aliphatic carbocycles. The van der Waals surface area contributed by atoms with E-state index in [0.717, 1.165) is 12.1 Å². The maximum absolute atomic E-state index is 11.7. The molecule has 108 valence electrons. The fourth-order valence-corrected chi connectivity index (χ4v) is 1.73. The van der Waals surface area contributed by atoms with Crippen LogP contribution in [-0.2, 0) is 22.6 Å². The summed E-state index contributed by atoms with van der Waals surface area (Å²) >= 11 is 0. The number of hydrogen-bond donors (Lipinski definition) is 2. The lowest BCUT2D eigenvalue weighted by atomic mass is 9.99. The number of aromatic nitrogens is 3. The van der Waals surface area contributed by atoms with Crippen LogP contribution in [0.15, 0.2) is 6.20 Å². The van der Waals surface area contributed by atoms with E-state index in [1.165, 1.54) is 7.11 Å². The minimum Gasteiger partial charge on any atom is -0.468 e. The van der Waals surface area contributed by atoms with Gasteiger partial charge in [0.15, 0.2) is 0 Å². The van der Waals surface area contributed by atoms with Gasteiger partial charge in [-0.15, -0.1) is 5.10 Å². The Balaban J connectivity index is 2.57. The summed E-state index contributed by atoms with van der Waals surface area (Å²) in [6.07, 6.45) is 2.62. The number of esters is 1. The zero-order valence-electron chi connectivity index (χ0n) is 11.7. The number of aliphatic hydroxyl groups is 1. The number of aliphatic hydroxyl groups excluding tert-OH is 1. The molecule has 0 fully saturated rings. The van der Waals surface area contributed by atoms with Gasteiger partial charge >= 0.3 is 5.97 Å². The first-order valence-electron chi connectivity index (χ1n) is 6.43. The van der Waals surface area contributed by atoms with Gasteiger partial charge in [-0.25, -0.2) is 4.68 Å². The van der Waals surface area contributed by atoms with Gasteiger partial charge in [0, 0.05) is 12.7 Å². The highest BCUT2D eigenvalue weighted by molar-refractivity contribution is 5.75. The summed E-state index contributed by atoms with van der Waals surface area (Å²) in [5.74, 6) is -0.0861. The largest absolute Gasteiger partial charge is 0.468 e. The number of methoxy groups -OCH3 is 1. The van der Waals surface area contributed by atoms with Crippen molar-refractivity contribution in [2.75, 3.05) is 13.7 Å². The second-order valence-electron chi connectivity index (χ2n) is 4.46. The quantitative estimate of drug-likeness (QED) is 0.644. The van der Waals surface area contributed by atoms with Gasteiger partial charge in [0.1, 0.15) is 6.04 Å². The highest BCUT2D eigenvalue weighted by atomic mass is 16.5. The molecule has 2 N–H and O–H groups in total. The lowest BCUT2D eigenvalue weighted by molar-refractivity contribution is -0.144. The monoisotopic (exact) mass is 270 g/mol. The van der Waals surface area contributed by atoms with Crippen LogP contribution in [0.1, 0.15) is 26.0 Å². The van der Waals surface area contributed by atoms with E-state index >= 15 is 0 Å². The first-order valence-corrected chi connectivity index (χ1v) is 6.43. The first kappa shape index (κ1) is 15.6. The molecular weight excluding hydrogens is 248 g/mol. The summed E-state index contributed by atoms with van der Waals surface area (Å²) < 4.78 is 6.35. The molecule has 0 saturated heterocycles. The zero-order chi connectivity index (χ0) is 14.3. The molecule has 19 heavy (non-hydrogen) atoms. The standard InChI is InChI=1S/C12H22N4O3/c1-4-9(2)11(12(18)19-3)13-7-10-8-16(5-6-17)15-14-10/h8-9,11,13,17H,4-7H2,1-3H3. The van der Waals surface area contributed by atoms with Crippen LogP contribution in [0.25, 0.3) is 0 Å². The normalized spacial score (nSPS) is 14.1. The van der Waals surface area contributed by atoms with Gasteiger partial charge in [-0.2, -0.15) is 0 Å². The molecule has 0 spiro atoms. The predicted octanol–water partition coefficient (Wildman–Crippen LogP) is -0.0523. The molecule has 1 heterocycles. The molecule has 1 rings (SSSR count). The lowest BCUT2D eigenvalue weighted by Crippen LogP contribution is -2.42. The Labute approximate surface area is 112 Å². The van der Waals surface area contributed by atoms with Crippen molar-refractivity contribution < 1.29 is 14.6 Å². The molecule has 2 unspecified atom stereocenters. The summed E-state index contributed by atoms with van der Waals surface area (Å²) in [6, 6.07) is -0.349. The van der Waals surface area contributed by atoms with Crippen LogP contribution in [0.3, 0.4) is 0 Å². The first-order chi connectivity index (χ1) is 9.12. The molecule has 0 saturated carbocycles. The summed E-state index contributed by atoms with van der Waals surface area (Å²) in [7, 11) is 1.39. The highest BCUT2D eigenvalue weighted by Gasteiger charge is 2.24. The highest BCUT2D eigenvalue weighted by Crippen LogP contribution is 2.10. The average Bonchev–Trinajstić information content (AvgIpc) is 2.86. The molecule has 0 aliphatic heterocycles. The van der Waals surface area contributed by atoms with Crippen molar-refractivity contribution >= 4 is 5.97 Å². The summed E-state index contributed by atoms with van der Waals surface area (Å²) in [5.41, 5.74) is 0.727. The van der Waals surface area contributed by atoms with Crippen molar-refractivity contribution in [3.8, 4) is 0 Å². The molecule has 1 aromatic heterocycles. The van der Waals surface area contributed by atoms with Gasteiger partial charge in [0.25, 0.3) is 0 Å². The summed E-state index contributed by atoms with van der Waals surface area (Å²) in [4.78, 5) is 11.7. The van der Waals surface area contributed by atoms with E-state index in [1.807, 2.05) is 13.8 Å². The number of nitrogens with zero attached hydrogens (tertiary/aromatic N) is 3. The van der Waals surface area contributed by atoms with Gasteiger partial charge in [0.05, 0.1) is 26.0 Å². The second kappa shape index (κ2) is 7.85. The third-order valence-corrected chi connectivity index (χ3v) is 3.09. The van der Waals surface area contributed by atoms with E-state index in [9.17, 15) is 4.79 Å². The van der Waals surface area contributed by atoms with Crippen LogP contribution >= 0.6 is 0 Å². The molecule has 1 aromatic rings. The fourth-order valence-electron chi connectivity index (χ4n) is 1.73. The Morgan fingerprint density at radius 2 is 2.37 bits per heavy atom. The Hall–Kier alpha value is -1.47. The number of nitrogens with one attached hydrogen (secondary N) is 1. The third-order valence-electron chi connectivity index (χ3n) is 3.09. The number of rotatable bonds is 8. The van der Waals surface area contributed by atoms with E-state index in [4.69, 9.17) is 9.84 Å². The topological polar surface area (TPSA) is 89.3 Å². The third kappa shape index (κ3) is 4.60. The minimum atomic E-state index is -0.349. The van der Waals surface area contributed by atoms with Crippen LogP contribution < -0.4 is 5.32 Å². The number of hydrogen-bond acceptors (Lipinski definition) is 6. The SMILES string of the molecule is CCC(C)C(NCc1cn(CCO)nn1)C(=O)OC. The molecule has 7 heteroatoms. The maximum Gasteiger partial charge on any atom is 0.323 e. The van der Waals surface area contributed by atoms with Crippen LogP contribution in [-0.4, -0.2) is 45.8 Å². The van der Waals surface area contributed by atoms with Crippen molar-refractivity contribution in [3.63, 3.8) is 0 Å². The molecule has 0 radical (unpaired) electrons. The Morgan fingerprint density at radius 1 is 1.63 bits per heavy atom. The van der Waals surface area contributed by atoms with Gasteiger partial charge < -0.3 is 9.84 Å². The van der Waals surface area contributed by atoms with E-state index < -0.39 is 0 Å². The van der Waals surface area contributed by atoms with Crippen molar-refractivity contribution in [2.24, 2.45) is 5.92 Å². The van der Waals surface area contributed by atoms with Crippen LogP contribution in [0.2, 0.25) is 0 Å². The maximum atomic E-state index is 11.7. The van der Waals surface area contributed by atoms with Crippen LogP contribution in [0, 0.1) is 5.92 Å². The summed E-state index contributed by atoms with van der Waals surface area (Å²) in [5, 5.41) is 19.8. The second-order valence-corrected chi connectivity index (χ2v) is 4.46. The number of carbonyl (C=O) groups is 1. The van der Waals surface area contributed by atoms with E-state index in [1.54, 1.807) is 10.9 Å². The van der Waals surface area contributed by atoms with E-state index in [0.29, 0.717) is 13.1 Å². The number of carbonyl (C=O) groups excluding carboxylic acids is 1. The Kier molecular flexibility index (Phi) is 6.44. The Morgan fingerprint density at radius 3 is 2.95 bits per heavy atom. The van der Waals surface area contributed by atoms with Gasteiger partial charge in [-0.1, -0.05) is 25.5 Å². The van der Waals surface area contributed by atoms with Crippen LogP contribution in [0.4, 0.5) is 0 Å². The zero-order valence-corrected chi connectivity index (χ0v) is 11.7. The molecule has 7 nitrogen and oxygen atoms in total. The van der Waals surface area contributed by atoms with Gasteiger partial charge in [0.2, 0.25) is 0 Å². The lowest BCUT2D eigenvalue weighted by Gasteiger charge is -2.21. The molecular formula is C12H22N4O3. The summed E-state index contributed by atoms with van der Waals surface area (Å²) in [6.45, 7) is 4.90. The predicted molar refractivity (Wildman–Crippen MR) is 69.2 cm³/mol. The van der Waals surface area contributed by atoms with Crippen molar-refractivity contribution in [1.82, 2.24) is 20.3 Å². The molecule has 2 atom stereocenters. The van der Waals surface area contributed by atoms with E-state index in [-0.39, 0.29) is 24.5 Å². The molecule has 0 amide bonds. The minimum absolute atomic E-state index is 0.0217. The van der Waals surface area contributed by atoms with Gasteiger partial charge in [-0.3, -0.25) is 10.1 Å². The van der Waals surface area contributed by atoms with Crippen molar-refractivity contribution in [2.45, 2.75) is 39.4 Å². The van der Waals surface area contributed by atoms with E-state index in [2.05, 4.69) is 15.6 Å². The molecule has 0 bridgehead atoms. The van der Waals surface area contributed by atoms with Gasteiger partial charge in [-0.05, 0) is 5.92 Å². The molecule has 0 aliphatic rings. The average molecular weight is 270 g/mol.